The van der Waals surface area contributed by atoms with Gasteiger partial charge in [0.15, 0.2) is 11.5 Å². The zero-order valence-corrected chi connectivity index (χ0v) is 18.2. The topological polar surface area (TPSA) is 86.2 Å². The lowest BCUT2D eigenvalue weighted by molar-refractivity contribution is 0.0728. The number of hydrogen-bond donors (Lipinski definition) is 1. The maximum atomic E-state index is 13.7. The van der Waals surface area contributed by atoms with Crippen LogP contribution in [0.2, 0.25) is 0 Å². The lowest BCUT2D eigenvalue weighted by Gasteiger charge is -2.11. The van der Waals surface area contributed by atoms with Crippen LogP contribution >= 0.6 is 0 Å². The molecule has 1 amide bonds. The number of nitrogens with one attached hydrogen (secondary N) is 1. The van der Waals surface area contributed by atoms with Crippen molar-refractivity contribution in [2.24, 2.45) is 5.10 Å². The van der Waals surface area contributed by atoms with E-state index in [1.807, 2.05) is 6.92 Å². The Morgan fingerprint density at radius 3 is 2.36 bits per heavy atom. The molecule has 0 heterocycles. The average molecular weight is 450 g/mol. The van der Waals surface area contributed by atoms with Gasteiger partial charge in [-0.05, 0) is 74.0 Å². The first-order chi connectivity index (χ1) is 16.0. The summed E-state index contributed by atoms with van der Waals surface area (Å²) in [7, 11) is 0. The molecule has 0 aromatic heterocycles. The fourth-order valence-electron chi connectivity index (χ4n) is 2.84. The summed E-state index contributed by atoms with van der Waals surface area (Å²) in [6.45, 7) is 4.55. The molecule has 170 valence electrons. The minimum absolute atomic E-state index is 0.110. The van der Waals surface area contributed by atoms with Crippen LogP contribution < -0.4 is 19.6 Å². The average Bonchev–Trinajstić information content (AvgIpc) is 2.81. The number of ether oxygens (including phenoxy) is 3. The highest BCUT2D eigenvalue weighted by Crippen LogP contribution is 2.29. The number of carbonyl (C=O) groups is 2. The van der Waals surface area contributed by atoms with Gasteiger partial charge in [0.05, 0.1) is 30.6 Å². The fourth-order valence-corrected chi connectivity index (χ4v) is 2.84. The van der Waals surface area contributed by atoms with E-state index in [0.29, 0.717) is 35.8 Å². The largest absolute Gasteiger partial charge is 0.494 e. The molecule has 1 N–H and O–H groups in total. The van der Waals surface area contributed by atoms with E-state index in [4.69, 9.17) is 14.2 Å². The highest BCUT2D eigenvalue weighted by atomic mass is 19.1. The van der Waals surface area contributed by atoms with Crippen molar-refractivity contribution >= 4 is 18.1 Å². The van der Waals surface area contributed by atoms with Crippen LogP contribution in [0.15, 0.2) is 71.8 Å². The van der Waals surface area contributed by atoms with Gasteiger partial charge in [0.25, 0.3) is 5.91 Å². The molecule has 0 saturated carbocycles. The van der Waals surface area contributed by atoms with Gasteiger partial charge in [-0.25, -0.2) is 14.6 Å². The van der Waals surface area contributed by atoms with Gasteiger partial charge in [-0.2, -0.15) is 5.10 Å². The van der Waals surface area contributed by atoms with Crippen LogP contribution in [0.1, 0.15) is 40.1 Å². The number of hydrogen-bond acceptors (Lipinski definition) is 6. The molecule has 0 aliphatic rings. The summed E-state index contributed by atoms with van der Waals surface area (Å²) in [4.78, 5) is 24.5. The molecule has 7 nitrogen and oxygen atoms in total. The normalized spacial score (nSPS) is 10.6. The smallest absolute Gasteiger partial charge is 0.343 e. The molecule has 3 aromatic carbocycles. The maximum Gasteiger partial charge on any atom is 0.343 e. The number of esters is 1. The number of halogens is 1. The standard InChI is InChI=1S/C25H23FN2O5/c1-3-31-19-12-10-18(11-13-19)25(30)33-22-14-9-17(15-23(22)32-4-2)16-27-28-24(29)20-7-5-6-8-21(20)26/h5-16H,3-4H2,1-2H3,(H,28,29)/b27-16+. The highest BCUT2D eigenvalue weighted by Gasteiger charge is 2.14. The molecule has 0 fully saturated rings. The van der Waals surface area contributed by atoms with Crippen LogP contribution in [0.5, 0.6) is 17.2 Å². The van der Waals surface area contributed by atoms with Gasteiger partial charge in [0.2, 0.25) is 0 Å². The van der Waals surface area contributed by atoms with E-state index in [9.17, 15) is 14.0 Å². The first-order valence-electron chi connectivity index (χ1n) is 10.3. The molecule has 0 unspecified atom stereocenters. The predicted octanol–water partition coefficient (Wildman–Crippen LogP) is 4.61. The van der Waals surface area contributed by atoms with Crippen molar-refractivity contribution in [3.8, 4) is 17.2 Å². The minimum Gasteiger partial charge on any atom is -0.494 e. The molecule has 0 aliphatic heterocycles. The Bertz CT molecular complexity index is 1150. The van der Waals surface area contributed by atoms with Crippen molar-refractivity contribution in [2.45, 2.75) is 13.8 Å². The zero-order chi connectivity index (χ0) is 23.6. The number of nitrogens with zero attached hydrogens (tertiary/aromatic N) is 1. The van der Waals surface area contributed by atoms with Crippen molar-refractivity contribution in [3.05, 3.63) is 89.2 Å². The first kappa shape index (κ1) is 23.5. The summed E-state index contributed by atoms with van der Waals surface area (Å²) in [5.74, 6) is -0.616. The van der Waals surface area contributed by atoms with E-state index in [0.717, 1.165) is 0 Å². The summed E-state index contributed by atoms with van der Waals surface area (Å²) in [6.07, 6.45) is 1.37. The number of carbonyl (C=O) groups excluding carboxylic acids is 2. The van der Waals surface area contributed by atoms with Crippen molar-refractivity contribution in [1.29, 1.82) is 0 Å². The minimum atomic E-state index is -0.671. The third-order valence-corrected chi connectivity index (χ3v) is 4.37. The van der Waals surface area contributed by atoms with Gasteiger partial charge < -0.3 is 14.2 Å². The van der Waals surface area contributed by atoms with Gasteiger partial charge in [0.1, 0.15) is 11.6 Å². The first-order valence-corrected chi connectivity index (χ1v) is 10.3. The Morgan fingerprint density at radius 2 is 1.67 bits per heavy atom. The van der Waals surface area contributed by atoms with E-state index in [2.05, 4.69) is 10.5 Å². The molecule has 3 rings (SSSR count). The van der Waals surface area contributed by atoms with Gasteiger partial charge in [-0.15, -0.1) is 0 Å². The number of hydrazone groups is 1. The maximum absolute atomic E-state index is 13.7. The van der Waals surface area contributed by atoms with Crippen LogP contribution in [0.4, 0.5) is 4.39 Å². The Hall–Kier alpha value is -4.20. The third-order valence-electron chi connectivity index (χ3n) is 4.37. The molecular formula is C25H23FN2O5. The van der Waals surface area contributed by atoms with Crippen LogP contribution in [0.25, 0.3) is 0 Å². The Morgan fingerprint density at radius 1 is 0.939 bits per heavy atom. The van der Waals surface area contributed by atoms with Crippen molar-refractivity contribution < 1.29 is 28.2 Å². The fraction of sp³-hybridized carbons (Fsp3) is 0.160. The highest BCUT2D eigenvalue weighted by molar-refractivity contribution is 5.95. The summed E-state index contributed by atoms with van der Waals surface area (Å²) in [6, 6.07) is 17.1. The van der Waals surface area contributed by atoms with Crippen molar-refractivity contribution in [2.75, 3.05) is 13.2 Å². The molecule has 0 bridgehead atoms. The second kappa shape index (κ2) is 11.4. The molecule has 8 heteroatoms. The van der Waals surface area contributed by atoms with E-state index in [1.165, 1.54) is 24.4 Å². The second-order valence-corrected chi connectivity index (χ2v) is 6.67. The van der Waals surface area contributed by atoms with Crippen LogP contribution in [0.3, 0.4) is 0 Å². The lowest BCUT2D eigenvalue weighted by atomic mass is 10.2. The Labute approximate surface area is 190 Å². The monoisotopic (exact) mass is 450 g/mol. The van der Waals surface area contributed by atoms with Crippen LogP contribution in [-0.2, 0) is 0 Å². The summed E-state index contributed by atoms with van der Waals surface area (Å²) < 4.78 is 30.1. The quantitative estimate of drug-likeness (QED) is 0.223. The molecular weight excluding hydrogens is 427 g/mol. The summed E-state index contributed by atoms with van der Waals surface area (Å²) in [5, 5.41) is 3.86. The van der Waals surface area contributed by atoms with Crippen LogP contribution in [0, 0.1) is 5.82 Å². The predicted molar refractivity (Wildman–Crippen MR) is 122 cm³/mol. The molecule has 33 heavy (non-hydrogen) atoms. The lowest BCUT2D eigenvalue weighted by Crippen LogP contribution is -2.18. The Kier molecular flexibility index (Phi) is 8.13. The number of benzene rings is 3. The molecule has 0 saturated heterocycles. The second-order valence-electron chi connectivity index (χ2n) is 6.67. The number of amides is 1. The van der Waals surface area contributed by atoms with Gasteiger partial charge in [0, 0.05) is 0 Å². The SMILES string of the molecule is CCOc1ccc(C(=O)Oc2ccc(/C=N/NC(=O)c3ccccc3F)cc2OCC)cc1. The third kappa shape index (κ3) is 6.39. The zero-order valence-electron chi connectivity index (χ0n) is 18.2. The molecule has 3 aromatic rings. The van der Waals surface area contributed by atoms with Gasteiger partial charge in [-0.3, -0.25) is 4.79 Å². The van der Waals surface area contributed by atoms with E-state index in [-0.39, 0.29) is 11.3 Å². The van der Waals surface area contributed by atoms with Gasteiger partial charge >= 0.3 is 5.97 Å². The Balaban J connectivity index is 1.69. The van der Waals surface area contributed by atoms with Crippen molar-refractivity contribution in [1.82, 2.24) is 5.43 Å². The molecule has 0 radical (unpaired) electrons. The van der Waals surface area contributed by atoms with Crippen LogP contribution in [-0.4, -0.2) is 31.3 Å². The van der Waals surface area contributed by atoms with E-state index >= 15 is 0 Å². The van der Waals surface area contributed by atoms with E-state index < -0.39 is 17.7 Å². The molecule has 0 atom stereocenters. The van der Waals surface area contributed by atoms with E-state index in [1.54, 1.807) is 55.5 Å². The summed E-state index contributed by atoms with van der Waals surface area (Å²) >= 11 is 0. The summed E-state index contributed by atoms with van der Waals surface area (Å²) in [5.41, 5.74) is 3.11. The molecule has 0 aliphatic carbocycles. The number of rotatable bonds is 9. The van der Waals surface area contributed by atoms with Gasteiger partial charge in [-0.1, -0.05) is 12.1 Å². The molecule has 0 spiro atoms. The van der Waals surface area contributed by atoms with Crippen molar-refractivity contribution in [3.63, 3.8) is 0 Å².